The first kappa shape index (κ1) is 17.4. The van der Waals surface area contributed by atoms with Crippen molar-refractivity contribution in [2.45, 2.75) is 20.3 Å². The Morgan fingerprint density at radius 3 is 2.57 bits per heavy atom. The molecule has 0 aliphatic carbocycles. The molecule has 0 heterocycles. The van der Waals surface area contributed by atoms with Crippen molar-refractivity contribution in [2.75, 3.05) is 18.5 Å². The fourth-order valence-corrected chi connectivity index (χ4v) is 1.67. The molecule has 116 valence electrons. The number of benzene rings is 1. The van der Waals surface area contributed by atoms with E-state index in [1.807, 2.05) is 13.8 Å². The Kier molecular flexibility index (Phi) is 6.11. The molecule has 3 N–H and O–H groups in total. The highest BCUT2D eigenvalue weighted by atomic mass is 35.5. The van der Waals surface area contributed by atoms with Crippen LogP contribution in [-0.2, 0) is 9.59 Å². The Hall–Kier alpha value is -1.66. The molecule has 0 aromatic heterocycles. The molecule has 0 atom stereocenters. The summed E-state index contributed by atoms with van der Waals surface area (Å²) in [4.78, 5) is 23.3. The van der Waals surface area contributed by atoms with Crippen LogP contribution in [0.25, 0.3) is 0 Å². The van der Waals surface area contributed by atoms with Crippen LogP contribution < -0.4 is 10.6 Å². The van der Waals surface area contributed by atoms with Crippen molar-refractivity contribution in [2.24, 2.45) is 5.41 Å². The summed E-state index contributed by atoms with van der Waals surface area (Å²) < 4.78 is 13.2. The maximum absolute atomic E-state index is 13.2. The standard InChI is InChI=1S/C14H18ClFN2O3/c1-14(2,5-6-19)8-17-12(20)13(21)18-9-3-4-10(15)11(16)7-9/h3-4,7,19H,5-6,8H2,1-2H3,(H,17,20)(H,18,21). The Labute approximate surface area is 127 Å². The van der Waals surface area contributed by atoms with Crippen LogP contribution in [0, 0.1) is 11.2 Å². The van der Waals surface area contributed by atoms with Gasteiger partial charge in [0.25, 0.3) is 0 Å². The van der Waals surface area contributed by atoms with E-state index in [2.05, 4.69) is 10.6 Å². The summed E-state index contributed by atoms with van der Waals surface area (Å²) in [5.74, 6) is -2.40. The van der Waals surface area contributed by atoms with Gasteiger partial charge in [-0.1, -0.05) is 25.4 Å². The molecule has 0 saturated heterocycles. The van der Waals surface area contributed by atoms with E-state index < -0.39 is 17.6 Å². The van der Waals surface area contributed by atoms with Gasteiger partial charge in [-0.25, -0.2) is 4.39 Å². The number of anilines is 1. The van der Waals surface area contributed by atoms with Crippen molar-refractivity contribution >= 4 is 29.1 Å². The quantitative estimate of drug-likeness (QED) is 0.726. The van der Waals surface area contributed by atoms with Crippen LogP contribution >= 0.6 is 11.6 Å². The molecule has 0 aliphatic heterocycles. The molecule has 1 rings (SSSR count). The third-order valence-corrected chi connectivity index (χ3v) is 3.21. The van der Waals surface area contributed by atoms with Crippen molar-refractivity contribution in [1.82, 2.24) is 5.32 Å². The highest BCUT2D eigenvalue weighted by molar-refractivity contribution is 6.39. The normalized spacial score (nSPS) is 11.1. The van der Waals surface area contributed by atoms with E-state index in [9.17, 15) is 14.0 Å². The van der Waals surface area contributed by atoms with E-state index in [0.717, 1.165) is 6.07 Å². The SMILES string of the molecule is CC(C)(CCO)CNC(=O)C(=O)Nc1ccc(Cl)c(F)c1. The second kappa shape index (κ2) is 7.38. The molecule has 0 bridgehead atoms. The van der Waals surface area contributed by atoms with Crippen LogP contribution in [0.2, 0.25) is 5.02 Å². The topological polar surface area (TPSA) is 78.4 Å². The minimum absolute atomic E-state index is 0.000875. The van der Waals surface area contributed by atoms with E-state index in [0.29, 0.717) is 6.42 Å². The Bertz CT molecular complexity index is 535. The van der Waals surface area contributed by atoms with Crippen LogP contribution in [0.5, 0.6) is 0 Å². The number of aliphatic hydroxyl groups excluding tert-OH is 1. The number of rotatable bonds is 5. The highest BCUT2D eigenvalue weighted by Gasteiger charge is 2.21. The van der Waals surface area contributed by atoms with Crippen LogP contribution in [0.4, 0.5) is 10.1 Å². The second-order valence-corrected chi connectivity index (χ2v) is 5.81. The first-order valence-electron chi connectivity index (χ1n) is 6.40. The molecule has 1 aromatic rings. The number of carbonyl (C=O) groups is 2. The Morgan fingerprint density at radius 1 is 1.33 bits per heavy atom. The number of amides is 2. The van der Waals surface area contributed by atoms with E-state index in [1.54, 1.807) is 0 Å². The van der Waals surface area contributed by atoms with Gasteiger partial charge in [0.05, 0.1) is 5.02 Å². The zero-order chi connectivity index (χ0) is 16.0. The van der Waals surface area contributed by atoms with Crippen molar-refractivity contribution in [1.29, 1.82) is 0 Å². The summed E-state index contributed by atoms with van der Waals surface area (Å²) in [5, 5.41) is 13.6. The zero-order valence-corrected chi connectivity index (χ0v) is 12.6. The second-order valence-electron chi connectivity index (χ2n) is 5.40. The van der Waals surface area contributed by atoms with E-state index in [4.69, 9.17) is 16.7 Å². The van der Waals surface area contributed by atoms with Gasteiger partial charge in [-0.2, -0.15) is 0 Å². The predicted molar refractivity (Wildman–Crippen MR) is 78.5 cm³/mol. The summed E-state index contributed by atoms with van der Waals surface area (Å²) in [5.41, 5.74) is -0.177. The molecular weight excluding hydrogens is 299 g/mol. The molecule has 1 aromatic carbocycles. The maximum atomic E-state index is 13.2. The minimum Gasteiger partial charge on any atom is -0.396 e. The first-order chi connectivity index (χ1) is 9.75. The molecule has 0 unspecified atom stereocenters. The van der Waals surface area contributed by atoms with Crippen molar-refractivity contribution < 1.29 is 19.1 Å². The van der Waals surface area contributed by atoms with Gasteiger partial charge in [-0.3, -0.25) is 9.59 Å². The lowest BCUT2D eigenvalue weighted by Gasteiger charge is -2.23. The number of carbonyl (C=O) groups excluding carboxylic acids is 2. The van der Waals surface area contributed by atoms with Crippen LogP contribution in [0.3, 0.4) is 0 Å². The number of nitrogens with one attached hydrogen (secondary N) is 2. The lowest BCUT2D eigenvalue weighted by Crippen LogP contribution is -2.40. The molecular formula is C14H18ClFN2O3. The highest BCUT2D eigenvalue weighted by Crippen LogP contribution is 2.19. The molecule has 0 aliphatic rings. The van der Waals surface area contributed by atoms with Gasteiger partial charge >= 0.3 is 11.8 Å². The molecule has 2 amide bonds. The monoisotopic (exact) mass is 316 g/mol. The minimum atomic E-state index is -0.892. The lowest BCUT2D eigenvalue weighted by molar-refractivity contribution is -0.136. The van der Waals surface area contributed by atoms with Gasteiger partial charge in [0.15, 0.2) is 0 Å². The average molecular weight is 317 g/mol. The van der Waals surface area contributed by atoms with Gasteiger partial charge < -0.3 is 15.7 Å². The van der Waals surface area contributed by atoms with Crippen LogP contribution in [0.1, 0.15) is 20.3 Å². The molecule has 0 spiro atoms. The summed E-state index contributed by atoms with van der Waals surface area (Å²) >= 11 is 5.52. The lowest BCUT2D eigenvalue weighted by atomic mass is 9.90. The van der Waals surface area contributed by atoms with Gasteiger partial charge in [-0.05, 0) is 30.0 Å². The Balaban J connectivity index is 2.55. The fourth-order valence-electron chi connectivity index (χ4n) is 1.55. The van der Waals surface area contributed by atoms with Crippen molar-refractivity contribution in [3.8, 4) is 0 Å². The predicted octanol–water partition coefficient (Wildman–Crippen LogP) is 1.94. The third kappa shape index (κ3) is 5.69. The largest absolute Gasteiger partial charge is 0.396 e. The molecule has 0 radical (unpaired) electrons. The van der Waals surface area contributed by atoms with Gasteiger partial charge in [0.2, 0.25) is 0 Å². The summed E-state index contributed by atoms with van der Waals surface area (Å²) in [6, 6.07) is 3.71. The molecule has 0 fully saturated rings. The van der Waals surface area contributed by atoms with Crippen LogP contribution in [0.15, 0.2) is 18.2 Å². The van der Waals surface area contributed by atoms with Gasteiger partial charge in [-0.15, -0.1) is 0 Å². The van der Waals surface area contributed by atoms with Crippen molar-refractivity contribution in [3.05, 3.63) is 29.0 Å². The Morgan fingerprint density at radius 2 is 2.00 bits per heavy atom. The van der Waals surface area contributed by atoms with Gasteiger partial charge in [0, 0.05) is 18.8 Å². The number of hydrogen-bond donors (Lipinski definition) is 3. The van der Waals surface area contributed by atoms with Crippen molar-refractivity contribution in [3.63, 3.8) is 0 Å². The van der Waals surface area contributed by atoms with E-state index >= 15 is 0 Å². The number of aliphatic hydroxyl groups is 1. The first-order valence-corrected chi connectivity index (χ1v) is 6.78. The summed E-state index contributed by atoms with van der Waals surface area (Å²) in [6.07, 6.45) is 0.497. The number of hydrogen-bond acceptors (Lipinski definition) is 3. The van der Waals surface area contributed by atoms with E-state index in [1.165, 1.54) is 12.1 Å². The van der Waals surface area contributed by atoms with E-state index in [-0.39, 0.29) is 29.3 Å². The fraction of sp³-hybridized carbons (Fsp3) is 0.429. The summed E-state index contributed by atoms with van der Waals surface area (Å²) in [6.45, 7) is 3.96. The average Bonchev–Trinajstić information content (AvgIpc) is 2.40. The van der Waals surface area contributed by atoms with Gasteiger partial charge in [0.1, 0.15) is 5.82 Å². The van der Waals surface area contributed by atoms with Crippen LogP contribution in [-0.4, -0.2) is 30.1 Å². The third-order valence-electron chi connectivity index (χ3n) is 2.90. The smallest absolute Gasteiger partial charge is 0.313 e. The molecule has 5 nitrogen and oxygen atoms in total. The number of halogens is 2. The molecule has 7 heteroatoms. The summed E-state index contributed by atoms with van der Waals surface area (Å²) in [7, 11) is 0. The molecule has 0 saturated carbocycles. The molecule has 21 heavy (non-hydrogen) atoms. The maximum Gasteiger partial charge on any atom is 0.313 e. The zero-order valence-electron chi connectivity index (χ0n) is 11.9.